The van der Waals surface area contributed by atoms with Gasteiger partial charge in [-0.25, -0.2) is 0 Å². The van der Waals surface area contributed by atoms with Crippen LogP contribution >= 0.6 is 0 Å². The molecule has 7 aliphatic rings. The second kappa shape index (κ2) is 12.6. The highest BCUT2D eigenvalue weighted by atomic mass is 15.1. The van der Waals surface area contributed by atoms with Crippen LogP contribution in [0, 0.1) is 23.7 Å². The van der Waals surface area contributed by atoms with Crippen LogP contribution in [0.15, 0.2) is 152 Å². The Morgan fingerprint density at radius 1 is 0.414 bits per heavy atom. The minimum Gasteiger partial charge on any atom is -0.310 e. The van der Waals surface area contributed by atoms with E-state index in [0.29, 0.717) is 0 Å². The molecule has 7 aromatic carbocycles. The van der Waals surface area contributed by atoms with Crippen molar-refractivity contribution >= 4 is 27.8 Å². The lowest BCUT2D eigenvalue weighted by molar-refractivity contribution is 0.0618. The molecule has 0 N–H and O–H groups in total. The fraction of sp³-hybridized carbons (Fsp3) is 0.298. The maximum absolute atomic E-state index is 2.69. The number of fused-ring (bicyclic) bond motifs is 10. The lowest BCUT2D eigenvalue weighted by Crippen LogP contribution is -2.48. The average molecular weight is 750 g/mol. The van der Waals surface area contributed by atoms with Crippen LogP contribution in [0.4, 0.5) is 17.1 Å². The van der Waals surface area contributed by atoms with Crippen LogP contribution in [0.1, 0.15) is 92.9 Å². The summed E-state index contributed by atoms with van der Waals surface area (Å²) >= 11 is 0. The average Bonchev–Trinajstić information content (AvgIpc) is 3.60. The molecule has 58 heavy (non-hydrogen) atoms. The molecule has 0 amide bonds. The third-order valence-corrected chi connectivity index (χ3v) is 16.5. The van der Waals surface area contributed by atoms with Crippen molar-refractivity contribution in [2.24, 2.45) is 23.7 Å². The molecule has 1 heteroatoms. The smallest absolute Gasteiger partial charge is 0.0465 e. The zero-order valence-corrected chi connectivity index (χ0v) is 33.5. The number of hydrogen-bond donors (Lipinski definition) is 0. The predicted octanol–water partition coefficient (Wildman–Crippen LogP) is 15.3. The van der Waals surface area contributed by atoms with Crippen molar-refractivity contribution < 1.29 is 0 Å². The van der Waals surface area contributed by atoms with E-state index in [4.69, 9.17) is 0 Å². The summed E-state index contributed by atoms with van der Waals surface area (Å²) in [6, 6.07) is 59.1. The second-order valence-corrected chi connectivity index (χ2v) is 19.1. The van der Waals surface area contributed by atoms with Gasteiger partial charge >= 0.3 is 0 Å². The van der Waals surface area contributed by atoms with Crippen LogP contribution in [0.3, 0.4) is 0 Å². The molecular weight excluding hydrogens is 699 g/mol. The van der Waals surface area contributed by atoms with Gasteiger partial charge in [-0.3, -0.25) is 0 Å². The topological polar surface area (TPSA) is 3.24 Å². The highest BCUT2D eigenvalue weighted by Gasteiger charge is 2.59. The van der Waals surface area contributed by atoms with Crippen molar-refractivity contribution in [3.05, 3.63) is 174 Å². The van der Waals surface area contributed by atoms with Gasteiger partial charge in [0.05, 0.1) is 0 Å². The Hall–Kier alpha value is -5.40. The zero-order valence-electron chi connectivity index (χ0n) is 33.5. The van der Waals surface area contributed by atoms with Crippen molar-refractivity contribution in [3.8, 4) is 33.4 Å². The number of anilines is 3. The van der Waals surface area contributed by atoms with Gasteiger partial charge in [0.1, 0.15) is 0 Å². The summed E-state index contributed by atoms with van der Waals surface area (Å²) in [7, 11) is 0. The fourth-order valence-electron chi connectivity index (χ4n) is 14.4. The van der Waals surface area contributed by atoms with E-state index < -0.39 is 0 Å². The summed E-state index contributed by atoms with van der Waals surface area (Å²) in [6.07, 6.45) is 14.9. The lowest BCUT2D eigenvalue weighted by atomic mass is 9.51. The molecule has 7 aromatic rings. The highest BCUT2D eigenvalue weighted by molar-refractivity contribution is 5.97. The van der Waals surface area contributed by atoms with Crippen molar-refractivity contribution in [2.45, 2.75) is 81.5 Å². The summed E-state index contributed by atoms with van der Waals surface area (Å²) in [6.45, 7) is 0. The highest BCUT2D eigenvalue weighted by Crippen LogP contribution is 2.68. The molecule has 5 atom stereocenters. The Bertz CT molecular complexity index is 2750. The molecule has 0 saturated heterocycles. The number of nitrogens with zero attached hydrogens (tertiary/aromatic N) is 1. The fourth-order valence-corrected chi connectivity index (χ4v) is 14.4. The van der Waals surface area contributed by atoms with Crippen molar-refractivity contribution in [1.29, 1.82) is 0 Å². The Morgan fingerprint density at radius 3 is 1.84 bits per heavy atom. The second-order valence-electron chi connectivity index (χ2n) is 19.1. The summed E-state index contributed by atoms with van der Waals surface area (Å²) < 4.78 is 0. The molecule has 5 saturated carbocycles. The molecule has 7 aliphatic carbocycles. The van der Waals surface area contributed by atoms with Crippen LogP contribution < -0.4 is 4.90 Å². The van der Waals surface area contributed by atoms with E-state index >= 15 is 0 Å². The van der Waals surface area contributed by atoms with Gasteiger partial charge in [-0.05, 0) is 171 Å². The largest absolute Gasteiger partial charge is 0.310 e. The van der Waals surface area contributed by atoms with E-state index in [0.717, 1.165) is 23.7 Å². The van der Waals surface area contributed by atoms with Gasteiger partial charge in [0.2, 0.25) is 0 Å². The summed E-state index contributed by atoms with van der Waals surface area (Å²) in [5.41, 5.74) is 18.8. The van der Waals surface area contributed by atoms with Gasteiger partial charge in [-0.1, -0.05) is 141 Å². The van der Waals surface area contributed by atoms with Crippen molar-refractivity contribution in [1.82, 2.24) is 0 Å². The van der Waals surface area contributed by atoms with Crippen molar-refractivity contribution in [3.63, 3.8) is 0 Å². The molecule has 0 aromatic heterocycles. The molecule has 0 radical (unpaired) electrons. The van der Waals surface area contributed by atoms with Gasteiger partial charge in [0.25, 0.3) is 0 Å². The first-order valence-electron chi connectivity index (χ1n) is 22.6. The molecule has 14 rings (SSSR count). The molecule has 1 nitrogen and oxygen atoms in total. The molecule has 0 heterocycles. The summed E-state index contributed by atoms with van der Waals surface area (Å²) in [5, 5.41) is 2.59. The monoisotopic (exact) mass is 749 g/mol. The number of hydrogen-bond acceptors (Lipinski definition) is 1. The van der Waals surface area contributed by atoms with Gasteiger partial charge in [0, 0.05) is 27.9 Å². The first-order chi connectivity index (χ1) is 28.7. The molecule has 284 valence electrons. The molecular formula is C57H51N. The van der Waals surface area contributed by atoms with Crippen LogP contribution in [0.25, 0.3) is 44.2 Å². The van der Waals surface area contributed by atoms with E-state index in [1.54, 1.807) is 22.3 Å². The van der Waals surface area contributed by atoms with E-state index in [9.17, 15) is 0 Å². The molecule has 5 unspecified atom stereocenters. The van der Waals surface area contributed by atoms with E-state index in [-0.39, 0.29) is 10.8 Å². The maximum atomic E-state index is 2.69. The quantitative estimate of drug-likeness (QED) is 0.173. The van der Waals surface area contributed by atoms with Crippen LogP contribution in [-0.2, 0) is 10.8 Å². The van der Waals surface area contributed by atoms with E-state index in [1.807, 2.05) is 0 Å². The Kier molecular flexibility index (Phi) is 7.26. The molecule has 2 spiro atoms. The molecule has 4 bridgehead atoms. The summed E-state index contributed by atoms with van der Waals surface area (Å²) in [5.74, 6) is 3.28. The predicted molar refractivity (Wildman–Crippen MR) is 241 cm³/mol. The lowest BCUT2D eigenvalue weighted by Gasteiger charge is -2.53. The third kappa shape index (κ3) is 4.59. The van der Waals surface area contributed by atoms with Crippen LogP contribution in [-0.4, -0.2) is 0 Å². The molecule has 0 aliphatic heterocycles. The maximum Gasteiger partial charge on any atom is 0.0465 e. The first-order valence-corrected chi connectivity index (χ1v) is 22.6. The van der Waals surface area contributed by atoms with Gasteiger partial charge in [-0.15, -0.1) is 0 Å². The Labute approximate surface area is 343 Å². The van der Waals surface area contributed by atoms with Crippen molar-refractivity contribution in [2.75, 3.05) is 4.90 Å². The number of rotatable bonds is 4. The standard InChI is InChI=1S/C57H51N/c1-8-29-56(30-9-1)52-17-6-4-14-48(52)50-27-25-44(35-54(50)56)58(43-23-20-40(21-24-43)47-16-10-12-39-11-2-3-13-46(39)47)45-26-28-51-49-15-5-7-18-53(49)57(55(51)36-45)41-22-19-37-31-38(33-41)34-42(57)32-37/h2-7,10-18,20-21,23-28,35-38,41-42H,1,8-9,19,22,29-34H2. The Morgan fingerprint density at radius 2 is 1.02 bits per heavy atom. The van der Waals surface area contributed by atoms with Gasteiger partial charge in [0.15, 0.2) is 0 Å². The van der Waals surface area contributed by atoms with E-state index in [2.05, 4.69) is 157 Å². The van der Waals surface area contributed by atoms with E-state index in [1.165, 1.54) is 132 Å². The summed E-state index contributed by atoms with van der Waals surface area (Å²) in [4.78, 5) is 2.62. The van der Waals surface area contributed by atoms with Crippen LogP contribution in [0.2, 0.25) is 0 Å². The number of benzene rings is 7. The third-order valence-electron chi connectivity index (χ3n) is 16.5. The first kappa shape index (κ1) is 33.6. The SMILES string of the molecule is c1ccc2c(c1)-c1ccc(N(c3ccc(-c4cccc5ccccc45)cc3)c3ccc4c(c3)C3(c5ccccc5-4)C4CCC5CC(C4)CC3C5)cc1C21CCCCC1. The zero-order chi connectivity index (χ0) is 38.0. The van der Waals surface area contributed by atoms with Gasteiger partial charge < -0.3 is 4.90 Å². The van der Waals surface area contributed by atoms with Crippen LogP contribution in [0.5, 0.6) is 0 Å². The Balaban J connectivity index is 1.01. The normalized spacial score (nSPS) is 25.4. The van der Waals surface area contributed by atoms with Gasteiger partial charge in [-0.2, -0.15) is 0 Å². The minimum atomic E-state index is 0.104. The minimum absolute atomic E-state index is 0.104. The molecule has 5 fully saturated rings.